The average Bonchev–Trinajstić information content (AvgIpc) is 3.46. The van der Waals surface area contributed by atoms with E-state index >= 15 is 0 Å². The van der Waals surface area contributed by atoms with Gasteiger partial charge in [0.15, 0.2) is 28.8 Å². The van der Waals surface area contributed by atoms with Gasteiger partial charge in [0, 0.05) is 11.5 Å². The summed E-state index contributed by atoms with van der Waals surface area (Å²) >= 11 is 0. The van der Waals surface area contributed by atoms with Crippen molar-refractivity contribution in [1.29, 1.82) is 0 Å². The molecule has 0 heterocycles. The van der Waals surface area contributed by atoms with Crippen LogP contribution in [0.25, 0.3) is 0 Å². The zero-order valence-corrected chi connectivity index (χ0v) is 15.2. The number of ether oxygens (including phenoxy) is 4. The topological polar surface area (TPSA) is 74.2 Å². The number of Topliss-reactive ketones (excluding diaryl/α,β-unsaturated/α-hetero) is 1. The van der Waals surface area contributed by atoms with Crippen LogP contribution in [0.1, 0.15) is 28.3 Å². The van der Waals surface area contributed by atoms with E-state index < -0.39 is 0 Å². The van der Waals surface area contributed by atoms with E-state index in [0.717, 1.165) is 12.0 Å². The van der Waals surface area contributed by atoms with E-state index in [0.29, 0.717) is 28.6 Å². The number of methoxy groups -OCH3 is 4. The number of phenolic OH excluding ortho intramolecular Hbond substituents is 1. The Morgan fingerprint density at radius 3 is 2.04 bits per heavy atom. The Balaban J connectivity index is 1.84. The predicted octanol–water partition coefficient (Wildman–Crippen LogP) is 3.41. The molecule has 1 saturated carbocycles. The summed E-state index contributed by atoms with van der Waals surface area (Å²) < 4.78 is 21.0. The second-order valence-electron chi connectivity index (χ2n) is 6.16. The molecule has 0 bridgehead atoms. The maximum Gasteiger partial charge on any atom is 0.203 e. The molecule has 6 nitrogen and oxygen atoms in total. The SMILES string of the molecule is COc1ccc(C2CC2C(=O)c2cc(OC)c(OC)c(OC)c2)cc1O. The first-order valence-electron chi connectivity index (χ1n) is 8.25. The molecule has 1 N–H and O–H groups in total. The van der Waals surface area contributed by atoms with E-state index in [1.807, 2.05) is 6.07 Å². The van der Waals surface area contributed by atoms with Crippen LogP contribution in [-0.2, 0) is 0 Å². The molecule has 2 atom stereocenters. The van der Waals surface area contributed by atoms with E-state index in [1.165, 1.54) is 28.4 Å². The van der Waals surface area contributed by atoms with Crippen molar-refractivity contribution in [2.75, 3.05) is 28.4 Å². The maximum absolute atomic E-state index is 12.9. The van der Waals surface area contributed by atoms with Crippen molar-refractivity contribution in [2.24, 2.45) is 5.92 Å². The second kappa shape index (κ2) is 7.15. The number of rotatable bonds is 7. The monoisotopic (exact) mass is 358 g/mol. The van der Waals surface area contributed by atoms with E-state index in [4.69, 9.17) is 18.9 Å². The van der Waals surface area contributed by atoms with Gasteiger partial charge >= 0.3 is 0 Å². The molecule has 1 aliphatic carbocycles. The Morgan fingerprint density at radius 1 is 0.923 bits per heavy atom. The summed E-state index contributed by atoms with van der Waals surface area (Å²) in [5, 5.41) is 9.95. The molecule has 3 rings (SSSR count). The molecule has 0 spiro atoms. The van der Waals surface area contributed by atoms with Crippen LogP contribution >= 0.6 is 0 Å². The Bertz CT molecular complexity index is 804. The normalized spacial score (nSPS) is 18.2. The first-order chi connectivity index (χ1) is 12.5. The van der Waals surface area contributed by atoms with E-state index in [2.05, 4.69) is 0 Å². The summed E-state index contributed by atoms with van der Waals surface area (Å²) in [5.41, 5.74) is 1.44. The van der Waals surface area contributed by atoms with E-state index in [-0.39, 0.29) is 23.4 Å². The van der Waals surface area contributed by atoms with Gasteiger partial charge in [0.05, 0.1) is 28.4 Å². The van der Waals surface area contributed by atoms with Gasteiger partial charge in [0.2, 0.25) is 5.75 Å². The predicted molar refractivity (Wildman–Crippen MR) is 95.9 cm³/mol. The first kappa shape index (κ1) is 17.9. The lowest BCUT2D eigenvalue weighted by Gasteiger charge is -2.13. The highest BCUT2D eigenvalue weighted by Gasteiger charge is 2.44. The molecule has 138 valence electrons. The van der Waals surface area contributed by atoms with Gasteiger partial charge in [0.25, 0.3) is 0 Å². The molecular formula is C20H22O6. The number of hydrogen-bond donors (Lipinski definition) is 1. The number of benzene rings is 2. The zero-order valence-electron chi connectivity index (χ0n) is 15.2. The van der Waals surface area contributed by atoms with Gasteiger partial charge in [-0.3, -0.25) is 4.79 Å². The highest BCUT2D eigenvalue weighted by Crippen LogP contribution is 2.51. The zero-order chi connectivity index (χ0) is 18.8. The number of carbonyl (C=O) groups excluding carboxylic acids is 1. The minimum absolute atomic E-state index is 0.0181. The molecule has 2 unspecified atom stereocenters. The third kappa shape index (κ3) is 3.14. The van der Waals surface area contributed by atoms with Crippen LogP contribution in [0.4, 0.5) is 0 Å². The third-order valence-electron chi connectivity index (χ3n) is 4.71. The standard InChI is InChI=1S/C20H22O6/c1-23-16-6-5-11(7-15(16)21)13-10-14(13)19(22)12-8-17(24-2)20(26-4)18(9-12)25-3/h5-9,13-14,21H,10H2,1-4H3. The van der Waals surface area contributed by atoms with Crippen molar-refractivity contribution in [1.82, 2.24) is 0 Å². The first-order valence-corrected chi connectivity index (χ1v) is 8.25. The van der Waals surface area contributed by atoms with Crippen molar-refractivity contribution in [3.05, 3.63) is 41.5 Å². The molecule has 6 heteroatoms. The fourth-order valence-electron chi connectivity index (χ4n) is 3.23. The van der Waals surface area contributed by atoms with Crippen molar-refractivity contribution in [3.8, 4) is 28.7 Å². The molecule has 0 aliphatic heterocycles. The second-order valence-corrected chi connectivity index (χ2v) is 6.16. The van der Waals surface area contributed by atoms with Gasteiger partial charge in [-0.25, -0.2) is 0 Å². The number of phenols is 1. The van der Waals surface area contributed by atoms with Gasteiger partial charge in [-0.05, 0) is 42.2 Å². The summed E-state index contributed by atoms with van der Waals surface area (Å²) in [5.74, 6) is 1.83. The lowest BCUT2D eigenvalue weighted by Crippen LogP contribution is -2.05. The summed E-state index contributed by atoms with van der Waals surface area (Å²) in [4.78, 5) is 12.9. The Kier molecular flexibility index (Phi) is 4.93. The van der Waals surface area contributed by atoms with Crippen molar-refractivity contribution >= 4 is 5.78 Å². The summed E-state index contributed by atoms with van der Waals surface area (Å²) in [7, 11) is 6.06. The third-order valence-corrected chi connectivity index (χ3v) is 4.71. The Hall–Kier alpha value is -2.89. The number of aromatic hydroxyl groups is 1. The smallest absolute Gasteiger partial charge is 0.203 e. The van der Waals surface area contributed by atoms with Crippen LogP contribution in [0.5, 0.6) is 28.7 Å². The van der Waals surface area contributed by atoms with Gasteiger partial charge < -0.3 is 24.1 Å². The maximum atomic E-state index is 12.9. The van der Waals surface area contributed by atoms with Gasteiger partial charge in [-0.1, -0.05) is 6.07 Å². The average molecular weight is 358 g/mol. The molecule has 1 fully saturated rings. The summed E-state index contributed by atoms with van der Waals surface area (Å²) in [6, 6.07) is 8.59. The molecule has 0 saturated heterocycles. The Morgan fingerprint density at radius 2 is 1.54 bits per heavy atom. The van der Waals surface area contributed by atoms with Crippen LogP contribution in [0, 0.1) is 5.92 Å². The Labute approximate surface area is 152 Å². The highest BCUT2D eigenvalue weighted by atomic mass is 16.5. The van der Waals surface area contributed by atoms with Crippen molar-refractivity contribution in [3.63, 3.8) is 0 Å². The largest absolute Gasteiger partial charge is 0.504 e. The molecule has 2 aromatic carbocycles. The lowest BCUT2D eigenvalue weighted by atomic mass is 10.0. The summed E-state index contributed by atoms with van der Waals surface area (Å²) in [6.45, 7) is 0. The minimum Gasteiger partial charge on any atom is -0.504 e. The number of ketones is 1. The number of hydrogen-bond acceptors (Lipinski definition) is 6. The van der Waals surface area contributed by atoms with E-state index in [1.54, 1.807) is 24.3 Å². The van der Waals surface area contributed by atoms with E-state index in [9.17, 15) is 9.90 Å². The van der Waals surface area contributed by atoms with Crippen LogP contribution in [0.15, 0.2) is 30.3 Å². The van der Waals surface area contributed by atoms with Crippen LogP contribution in [0.3, 0.4) is 0 Å². The summed E-state index contributed by atoms with van der Waals surface area (Å²) in [6.07, 6.45) is 0.737. The quantitative estimate of drug-likeness (QED) is 0.765. The van der Waals surface area contributed by atoms with Gasteiger partial charge in [0.1, 0.15) is 0 Å². The van der Waals surface area contributed by atoms with Crippen LogP contribution in [0.2, 0.25) is 0 Å². The van der Waals surface area contributed by atoms with Crippen molar-refractivity contribution < 1.29 is 28.8 Å². The fraction of sp³-hybridized carbons (Fsp3) is 0.350. The molecule has 0 radical (unpaired) electrons. The van der Waals surface area contributed by atoms with Crippen molar-refractivity contribution in [2.45, 2.75) is 12.3 Å². The molecule has 0 aromatic heterocycles. The molecule has 0 amide bonds. The fourth-order valence-corrected chi connectivity index (χ4v) is 3.23. The van der Waals surface area contributed by atoms with Crippen LogP contribution in [-0.4, -0.2) is 39.3 Å². The highest BCUT2D eigenvalue weighted by molar-refractivity contribution is 6.01. The van der Waals surface area contributed by atoms with Gasteiger partial charge in [-0.15, -0.1) is 0 Å². The molecule has 1 aliphatic rings. The van der Waals surface area contributed by atoms with Gasteiger partial charge in [-0.2, -0.15) is 0 Å². The lowest BCUT2D eigenvalue weighted by molar-refractivity contribution is 0.0964. The number of carbonyl (C=O) groups is 1. The molecule has 26 heavy (non-hydrogen) atoms. The molecular weight excluding hydrogens is 336 g/mol. The molecule has 2 aromatic rings. The minimum atomic E-state index is -0.134. The van der Waals surface area contributed by atoms with Crippen LogP contribution < -0.4 is 18.9 Å².